The van der Waals surface area contributed by atoms with Crippen LogP contribution >= 0.6 is 0 Å². The van der Waals surface area contributed by atoms with Crippen LogP contribution in [-0.4, -0.2) is 24.3 Å². The SMILES string of the molecule is CC1CNC(c2ccc3c(c2)CC(C)O3)N([O-])C1. The zero-order valence-corrected chi connectivity index (χ0v) is 10.8. The molecule has 2 heterocycles. The van der Waals surface area contributed by atoms with Gasteiger partial charge in [0.1, 0.15) is 11.9 Å². The lowest BCUT2D eigenvalue weighted by atomic mass is 10.0. The Morgan fingerprint density at radius 2 is 2.22 bits per heavy atom. The minimum atomic E-state index is -0.206. The van der Waals surface area contributed by atoms with Crippen molar-refractivity contribution in [3.8, 4) is 5.75 Å². The smallest absolute Gasteiger partial charge is 0.123 e. The van der Waals surface area contributed by atoms with Crippen LogP contribution in [0.15, 0.2) is 18.2 Å². The van der Waals surface area contributed by atoms with Crippen molar-refractivity contribution in [1.82, 2.24) is 10.4 Å². The Balaban J connectivity index is 1.83. The first-order valence-electron chi connectivity index (χ1n) is 6.60. The van der Waals surface area contributed by atoms with Gasteiger partial charge in [-0.25, -0.2) is 0 Å². The van der Waals surface area contributed by atoms with E-state index in [-0.39, 0.29) is 12.3 Å². The highest BCUT2D eigenvalue weighted by atomic mass is 16.5. The number of hydrogen-bond acceptors (Lipinski definition) is 4. The van der Waals surface area contributed by atoms with E-state index in [0.29, 0.717) is 12.5 Å². The van der Waals surface area contributed by atoms with Crippen LogP contribution < -0.4 is 10.1 Å². The molecule has 0 saturated carbocycles. The third-order valence-corrected chi connectivity index (χ3v) is 3.68. The predicted molar refractivity (Wildman–Crippen MR) is 70.2 cm³/mol. The van der Waals surface area contributed by atoms with Crippen molar-refractivity contribution in [3.05, 3.63) is 34.5 Å². The van der Waals surface area contributed by atoms with Crippen LogP contribution in [0.3, 0.4) is 0 Å². The molecule has 4 heteroatoms. The van der Waals surface area contributed by atoms with Crippen molar-refractivity contribution in [2.75, 3.05) is 13.1 Å². The van der Waals surface area contributed by atoms with E-state index in [1.54, 1.807) is 0 Å². The van der Waals surface area contributed by atoms with Gasteiger partial charge in [0.25, 0.3) is 0 Å². The summed E-state index contributed by atoms with van der Waals surface area (Å²) >= 11 is 0. The lowest BCUT2D eigenvalue weighted by Crippen LogP contribution is -2.45. The summed E-state index contributed by atoms with van der Waals surface area (Å²) in [5.74, 6) is 1.38. The average Bonchev–Trinajstić information content (AvgIpc) is 2.68. The topological polar surface area (TPSA) is 47.6 Å². The molecule has 0 radical (unpaired) electrons. The van der Waals surface area contributed by atoms with E-state index in [1.165, 1.54) is 5.56 Å². The largest absolute Gasteiger partial charge is 0.784 e. The second-order valence-electron chi connectivity index (χ2n) is 5.52. The highest BCUT2D eigenvalue weighted by Gasteiger charge is 2.24. The van der Waals surface area contributed by atoms with E-state index < -0.39 is 0 Å². The van der Waals surface area contributed by atoms with Gasteiger partial charge >= 0.3 is 0 Å². The van der Waals surface area contributed by atoms with Crippen LogP contribution in [0.2, 0.25) is 0 Å². The molecule has 0 spiro atoms. The number of rotatable bonds is 1. The van der Waals surface area contributed by atoms with Crippen molar-refractivity contribution in [1.29, 1.82) is 0 Å². The van der Waals surface area contributed by atoms with E-state index in [2.05, 4.69) is 25.2 Å². The third kappa shape index (κ3) is 2.11. The van der Waals surface area contributed by atoms with Crippen LogP contribution in [0.25, 0.3) is 0 Å². The normalized spacial score (nSPS) is 32.1. The number of fused-ring (bicyclic) bond motifs is 1. The minimum absolute atomic E-state index is 0.206. The van der Waals surface area contributed by atoms with Crippen LogP contribution in [0.1, 0.15) is 31.1 Å². The van der Waals surface area contributed by atoms with Gasteiger partial charge in [0.05, 0.1) is 6.17 Å². The lowest BCUT2D eigenvalue weighted by molar-refractivity contribution is 0.155. The summed E-state index contributed by atoms with van der Waals surface area (Å²) in [7, 11) is 0. The monoisotopic (exact) mass is 247 g/mol. The molecule has 4 nitrogen and oxygen atoms in total. The molecular weight excluding hydrogens is 228 g/mol. The Bertz CT molecular complexity index is 449. The highest BCUT2D eigenvalue weighted by Crippen LogP contribution is 2.32. The van der Waals surface area contributed by atoms with Gasteiger partial charge in [-0.3, -0.25) is 5.32 Å². The van der Waals surface area contributed by atoms with Gasteiger partial charge in [0.2, 0.25) is 0 Å². The van der Waals surface area contributed by atoms with Crippen molar-refractivity contribution in [2.45, 2.75) is 32.5 Å². The zero-order valence-electron chi connectivity index (χ0n) is 10.8. The van der Waals surface area contributed by atoms with E-state index >= 15 is 0 Å². The Morgan fingerprint density at radius 3 is 3.00 bits per heavy atom. The molecule has 1 N–H and O–H groups in total. The van der Waals surface area contributed by atoms with E-state index in [0.717, 1.165) is 29.3 Å². The van der Waals surface area contributed by atoms with Crippen LogP contribution in [-0.2, 0) is 6.42 Å². The second kappa shape index (κ2) is 4.53. The standard InChI is InChI=1S/C14H19N2O2/c1-9-7-15-14(16(17)8-9)11-3-4-13-12(6-11)5-10(2)18-13/h3-4,6,9-10,14-15H,5,7-8H2,1-2H3/q-1. The molecule has 3 atom stereocenters. The van der Waals surface area contributed by atoms with Crippen LogP contribution in [0, 0.1) is 11.1 Å². The van der Waals surface area contributed by atoms with Crippen LogP contribution in [0.4, 0.5) is 0 Å². The summed E-state index contributed by atoms with van der Waals surface area (Å²) in [6, 6.07) is 6.09. The Kier molecular flexibility index (Phi) is 3.01. The van der Waals surface area contributed by atoms with Gasteiger partial charge in [-0.2, -0.15) is 0 Å². The molecule has 2 aliphatic heterocycles. The molecule has 0 aliphatic carbocycles. The van der Waals surface area contributed by atoms with Crippen molar-refractivity contribution < 1.29 is 4.74 Å². The number of ether oxygens (including phenoxy) is 1. The predicted octanol–water partition coefficient (Wildman–Crippen LogP) is 2.05. The summed E-state index contributed by atoms with van der Waals surface area (Å²) in [5.41, 5.74) is 2.27. The van der Waals surface area contributed by atoms with E-state index in [9.17, 15) is 5.21 Å². The minimum Gasteiger partial charge on any atom is -0.784 e. The molecule has 3 unspecified atom stereocenters. The third-order valence-electron chi connectivity index (χ3n) is 3.68. The summed E-state index contributed by atoms with van der Waals surface area (Å²) in [6.07, 6.45) is 0.978. The number of nitrogens with one attached hydrogen (secondary N) is 1. The molecule has 0 aromatic heterocycles. The van der Waals surface area contributed by atoms with Gasteiger partial charge < -0.3 is 15.0 Å². The Labute approximate surface area is 108 Å². The first-order chi connectivity index (χ1) is 8.63. The van der Waals surface area contributed by atoms with Gasteiger partial charge in [-0.05, 0) is 42.6 Å². The Hall–Kier alpha value is -1.10. The number of hydrogen-bond donors (Lipinski definition) is 1. The molecule has 3 rings (SSSR count). The molecule has 2 aliphatic rings. The Morgan fingerprint density at radius 1 is 1.39 bits per heavy atom. The van der Waals surface area contributed by atoms with Gasteiger partial charge in [-0.15, -0.1) is 0 Å². The maximum Gasteiger partial charge on any atom is 0.123 e. The fourth-order valence-corrected chi connectivity index (χ4v) is 2.79. The lowest BCUT2D eigenvalue weighted by Gasteiger charge is -2.44. The molecule has 1 aromatic rings. The molecule has 0 bridgehead atoms. The molecule has 1 aromatic carbocycles. The van der Waals surface area contributed by atoms with Gasteiger partial charge in [0.15, 0.2) is 0 Å². The maximum atomic E-state index is 12.0. The van der Waals surface area contributed by atoms with Gasteiger partial charge in [0, 0.05) is 13.0 Å². The second-order valence-corrected chi connectivity index (χ2v) is 5.52. The fourth-order valence-electron chi connectivity index (χ4n) is 2.79. The summed E-state index contributed by atoms with van der Waals surface area (Å²) < 4.78 is 5.68. The summed E-state index contributed by atoms with van der Waals surface area (Å²) in [6.45, 7) is 5.65. The molecule has 98 valence electrons. The van der Waals surface area contributed by atoms with Crippen LogP contribution in [0.5, 0.6) is 5.75 Å². The van der Waals surface area contributed by atoms with Crippen molar-refractivity contribution in [2.24, 2.45) is 5.92 Å². The number of nitrogens with zero attached hydrogens (tertiary/aromatic N) is 1. The van der Waals surface area contributed by atoms with Crippen molar-refractivity contribution in [3.63, 3.8) is 0 Å². The number of benzene rings is 1. The summed E-state index contributed by atoms with van der Waals surface area (Å²) in [4.78, 5) is 0. The first-order valence-corrected chi connectivity index (χ1v) is 6.60. The summed E-state index contributed by atoms with van der Waals surface area (Å²) in [5, 5.41) is 16.5. The number of hydroxylamine groups is 2. The quantitative estimate of drug-likeness (QED) is 0.825. The average molecular weight is 247 g/mol. The molecule has 1 saturated heterocycles. The fraction of sp³-hybridized carbons (Fsp3) is 0.571. The van der Waals surface area contributed by atoms with Gasteiger partial charge in [-0.1, -0.05) is 13.0 Å². The molecule has 18 heavy (non-hydrogen) atoms. The van der Waals surface area contributed by atoms with E-state index in [4.69, 9.17) is 4.74 Å². The first kappa shape index (κ1) is 12.0. The highest BCUT2D eigenvalue weighted by molar-refractivity contribution is 5.41. The van der Waals surface area contributed by atoms with Crippen molar-refractivity contribution >= 4 is 0 Å². The molecule has 1 fully saturated rings. The molecule has 0 amide bonds. The molecular formula is C14H19N2O2-. The zero-order chi connectivity index (χ0) is 12.7. The van der Waals surface area contributed by atoms with E-state index in [1.807, 2.05) is 12.1 Å². The maximum absolute atomic E-state index is 12.0.